The fraction of sp³-hybridized carbons (Fsp3) is 0.0476. The number of nitrogens with zero attached hydrogens (tertiary/aromatic N) is 2. The Labute approximate surface area is 154 Å². The minimum Gasteiger partial charge on any atom is -0.444 e. The van der Waals surface area contributed by atoms with Gasteiger partial charge in [-0.1, -0.05) is 48.5 Å². The van der Waals surface area contributed by atoms with E-state index in [1.807, 2.05) is 30.3 Å². The molecular formula is C21H15N3O3. The number of fused-ring (bicyclic) bond motifs is 1. The van der Waals surface area contributed by atoms with Crippen LogP contribution in [0.15, 0.2) is 79.4 Å². The van der Waals surface area contributed by atoms with Gasteiger partial charge in [0.15, 0.2) is 11.8 Å². The summed E-state index contributed by atoms with van der Waals surface area (Å²) in [7, 11) is 0. The van der Waals surface area contributed by atoms with Gasteiger partial charge in [0.05, 0.1) is 6.20 Å². The third-order valence-electron chi connectivity index (χ3n) is 4.19. The molecule has 27 heavy (non-hydrogen) atoms. The van der Waals surface area contributed by atoms with Gasteiger partial charge < -0.3 is 9.72 Å². The van der Waals surface area contributed by atoms with Crippen LogP contribution >= 0.6 is 0 Å². The number of Topliss-reactive ketones (excluding diaryl/α,β-unsaturated/α-hetero) is 1. The first-order chi connectivity index (χ1) is 13.2. The van der Waals surface area contributed by atoms with Crippen LogP contribution in [-0.4, -0.2) is 26.7 Å². The summed E-state index contributed by atoms with van der Waals surface area (Å²) in [4.78, 5) is 36.6. The molecule has 2 heterocycles. The fourth-order valence-corrected chi connectivity index (χ4v) is 2.89. The first kappa shape index (κ1) is 16.7. The van der Waals surface area contributed by atoms with E-state index in [4.69, 9.17) is 4.74 Å². The summed E-state index contributed by atoms with van der Waals surface area (Å²) in [6.45, 7) is 0. The van der Waals surface area contributed by atoms with Gasteiger partial charge in [-0.15, -0.1) is 0 Å². The summed E-state index contributed by atoms with van der Waals surface area (Å²) in [6, 6.07) is 16.4. The highest BCUT2D eigenvalue weighted by molar-refractivity contribution is 6.10. The molecule has 6 heteroatoms. The Bertz CT molecular complexity index is 1090. The molecule has 0 bridgehead atoms. The minimum absolute atomic E-state index is 0.0464. The van der Waals surface area contributed by atoms with Crippen molar-refractivity contribution in [3.05, 3.63) is 96.2 Å². The van der Waals surface area contributed by atoms with Crippen molar-refractivity contribution < 1.29 is 14.3 Å². The molecule has 6 nitrogen and oxygen atoms in total. The molecule has 0 aliphatic heterocycles. The van der Waals surface area contributed by atoms with Crippen LogP contribution < -0.4 is 0 Å². The van der Waals surface area contributed by atoms with E-state index in [-0.39, 0.29) is 11.5 Å². The van der Waals surface area contributed by atoms with E-state index < -0.39 is 12.1 Å². The number of aromatic nitrogens is 3. The quantitative estimate of drug-likeness (QED) is 0.434. The number of para-hydroxylation sites is 1. The number of aromatic amines is 1. The summed E-state index contributed by atoms with van der Waals surface area (Å²) in [5.41, 5.74) is 1.94. The molecule has 0 unspecified atom stereocenters. The highest BCUT2D eigenvalue weighted by Gasteiger charge is 2.28. The molecule has 0 spiro atoms. The van der Waals surface area contributed by atoms with Crippen LogP contribution in [0.1, 0.15) is 32.5 Å². The Kier molecular flexibility index (Phi) is 4.45. The average Bonchev–Trinajstić information content (AvgIpc) is 3.17. The summed E-state index contributed by atoms with van der Waals surface area (Å²) in [6.07, 6.45) is 4.72. The second-order valence-electron chi connectivity index (χ2n) is 5.90. The maximum absolute atomic E-state index is 13.3. The lowest BCUT2D eigenvalue weighted by atomic mass is 9.99. The van der Waals surface area contributed by atoms with E-state index in [1.165, 1.54) is 18.6 Å². The molecule has 2 aromatic heterocycles. The number of hydrogen-bond acceptors (Lipinski definition) is 5. The predicted octanol–water partition coefficient (Wildman–Crippen LogP) is 3.74. The molecule has 4 aromatic rings. The highest BCUT2D eigenvalue weighted by atomic mass is 16.5. The van der Waals surface area contributed by atoms with Crippen LogP contribution in [0.5, 0.6) is 0 Å². The van der Waals surface area contributed by atoms with E-state index in [0.717, 1.165) is 10.9 Å². The van der Waals surface area contributed by atoms with Crippen molar-refractivity contribution in [2.45, 2.75) is 6.10 Å². The van der Waals surface area contributed by atoms with E-state index in [1.54, 1.807) is 30.5 Å². The monoisotopic (exact) mass is 357 g/mol. The normalized spacial score (nSPS) is 11.9. The van der Waals surface area contributed by atoms with Gasteiger partial charge in [0.25, 0.3) is 0 Å². The largest absolute Gasteiger partial charge is 0.444 e. The number of H-pyrrole nitrogens is 1. The number of ether oxygens (including phenoxy) is 1. The van der Waals surface area contributed by atoms with Gasteiger partial charge in [-0.3, -0.25) is 9.78 Å². The van der Waals surface area contributed by atoms with Crippen LogP contribution in [0.2, 0.25) is 0 Å². The Balaban J connectivity index is 1.72. The van der Waals surface area contributed by atoms with Gasteiger partial charge in [0.1, 0.15) is 0 Å². The molecule has 0 saturated carbocycles. The van der Waals surface area contributed by atoms with Crippen LogP contribution in [-0.2, 0) is 4.74 Å². The van der Waals surface area contributed by atoms with Crippen molar-refractivity contribution in [2.24, 2.45) is 0 Å². The molecule has 0 amide bonds. The summed E-state index contributed by atoms with van der Waals surface area (Å²) < 4.78 is 5.55. The van der Waals surface area contributed by atoms with E-state index in [2.05, 4.69) is 15.0 Å². The summed E-state index contributed by atoms with van der Waals surface area (Å²) in [5.74, 6) is -1.01. The smallest absolute Gasteiger partial charge is 0.359 e. The van der Waals surface area contributed by atoms with Crippen LogP contribution in [0, 0.1) is 0 Å². The maximum atomic E-state index is 13.3. The molecule has 4 rings (SSSR count). The lowest BCUT2D eigenvalue weighted by molar-refractivity contribution is 0.0274. The van der Waals surface area contributed by atoms with E-state index in [9.17, 15) is 9.59 Å². The van der Waals surface area contributed by atoms with Gasteiger partial charge in [-0.05, 0) is 6.07 Å². The molecule has 0 aliphatic carbocycles. The van der Waals surface area contributed by atoms with Gasteiger partial charge >= 0.3 is 5.97 Å². The number of carbonyl (C=O) groups is 2. The third-order valence-corrected chi connectivity index (χ3v) is 4.19. The topological polar surface area (TPSA) is 84.9 Å². The van der Waals surface area contributed by atoms with Crippen molar-refractivity contribution >= 4 is 22.7 Å². The van der Waals surface area contributed by atoms with Crippen molar-refractivity contribution in [1.29, 1.82) is 0 Å². The van der Waals surface area contributed by atoms with E-state index in [0.29, 0.717) is 11.1 Å². The zero-order chi connectivity index (χ0) is 18.6. The minimum atomic E-state index is -1.08. The van der Waals surface area contributed by atoms with Gasteiger partial charge in [-0.2, -0.15) is 0 Å². The second-order valence-corrected chi connectivity index (χ2v) is 5.90. The van der Waals surface area contributed by atoms with Crippen LogP contribution in [0.3, 0.4) is 0 Å². The van der Waals surface area contributed by atoms with Crippen molar-refractivity contribution in [3.8, 4) is 0 Å². The summed E-state index contributed by atoms with van der Waals surface area (Å²) in [5, 5.41) is 0.777. The molecule has 1 atom stereocenters. The molecule has 0 saturated heterocycles. The number of esters is 1. The van der Waals surface area contributed by atoms with Crippen molar-refractivity contribution in [3.63, 3.8) is 0 Å². The zero-order valence-electron chi connectivity index (χ0n) is 14.2. The predicted molar refractivity (Wildman–Crippen MR) is 99.3 cm³/mol. The molecular weight excluding hydrogens is 342 g/mol. The number of ketones is 1. The maximum Gasteiger partial charge on any atom is 0.359 e. The molecule has 0 radical (unpaired) electrons. The van der Waals surface area contributed by atoms with Gasteiger partial charge in [-0.25, -0.2) is 9.78 Å². The third kappa shape index (κ3) is 3.32. The number of carbonyl (C=O) groups excluding carboxylic acids is 2. The van der Waals surface area contributed by atoms with E-state index >= 15 is 0 Å². The Morgan fingerprint density at radius 3 is 2.52 bits per heavy atom. The number of rotatable bonds is 5. The SMILES string of the molecule is O=C(O[C@H](C(=O)c1c[nH]c2ccccc12)c1ccccc1)c1cnccn1. The molecule has 132 valence electrons. The van der Waals surface area contributed by atoms with Crippen molar-refractivity contribution in [2.75, 3.05) is 0 Å². The fourth-order valence-electron chi connectivity index (χ4n) is 2.89. The number of hydrogen-bond donors (Lipinski definition) is 1. The highest BCUT2D eigenvalue weighted by Crippen LogP contribution is 2.27. The zero-order valence-corrected chi connectivity index (χ0v) is 14.2. The summed E-state index contributed by atoms with van der Waals surface area (Å²) >= 11 is 0. The molecule has 0 fully saturated rings. The van der Waals surface area contributed by atoms with Gasteiger partial charge in [0, 0.05) is 40.6 Å². The Hall–Kier alpha value is -3.80. The van der Waals surface area contributed by atoms with Gasteiger partial charge in [0.2, 0.25) is 5.78 Å². The standard InChI is InChI=1S/C21H15N3O3/c25-19(16-12-24-17-9-5-4-8-15(16)17)20(14-6-2-1-3-7-14)27-21(26)18-13-22-10-11-23-18/h1-13,20,24H/t20-/m0/s1. The van der Waals surface area contributed by atoms with Crippen molar-refractivity contribution in [1.82, 2.24) is 15.0 Å². The molecule has 0 aliphatic rings. The Morgan fingerprint density at radius 2 is 1.74 bits per heavy atom. The lowest BCUT2D eigenvalue weighted by Crippen LogP contribution is -2.21. The second kappa shape index (κ2) is 7.21. The molecule has 2 aromatic carbocycles. The van der Waals surface area contributed by atoms with Crippen LogP contribution in [0.4, 0.5) is 0 Å². The average molecular weight is 357 g/mol. The first-order valence-electron chi connectivity index (χ1n) is 8.36. The van der Waals surface area contributed by atoms with Crippen LogP contribution in [0.25, 0.3) is 10.9 Å². The molecule has 1 N–H and O–H groups in total. The lowest BCUT2D eigenvalue weighted by Gasteiger charge is -2.17. The number of nitrogens with one attached hydrogen (secondary N) is 1. The Morgan fingerprint density at radius 1 is 0.963 bits per heavy atom. The number of benzene rings is 2. The first-order valence-corrected chi connectivity index (χ1v) is 8.36.